The Morgan fingerprint density at radius 1 is 1.02 bits per heavy atom. The van der Waals surface area contributed by atoms with Crippen molar-refractivity contribution in [3.8, 4) is 16.9 Å². The Hall–Kier alpha value is -4.40. The fourth-order valence-corrected chi connectivity index (χ4v) is 8.04. The molecule has 2 atom stereocenters. The number of ether oxygens (including phenoxy) is 1. The lowest BCUT2D eigenvalue weighted by Crippen LogP contribution is -2.41. The fourth-order valence-electron chi connectivity index (χ4n) is 6.99. The SMILES string of the molecule is O=C(O)c1cc2ccccc2n1-c1cn(CC2CCNC(CCNS(=O)(=O)c3ccc(-c4ccccc4CN4CCOCC4)cc3)C2)nn1. The summed E-state index contributed by atoms with van der Waals surface area (Å²) in [5, 5.41) is 22.8. The van der Waals surface area contributed by atoms with E-state index in [1.54, 1.807) is 33.6 Å². The lowest BCUT2D eigenvalue weighted by atomic mass is 9.91. The molecule has 2 unspecified atom stereocenters. The minimum absolute atomic E-state index is 0.137. The van der Waals surface area contributed by atoms with Crippen molar-refractivity contribution in [1.82, 2.24) is 34.5 Å². The standard InChI is InChI=1S/C36H41N7O5S/c44-36(45)34-22-28-5-2-4-8-33(28)43(34)35-25-42(40-39-35)23-26-13-15-37-30(21-26)14-16-38-49(46,47)31-11-9-27(10-12-31)32-7-3-1-6-29(32)24-41-17-19-48-20-18-41/h1-12,22,25-26,30,37-38H,13-21,23-24H2,(H,44,45). The van der Waals surface area contributed by atoms with Gasteiger partial charge in [0.2, 0.25) is 10.0 Å². The normalized spacial score (nSPS) is 18.9. The second-order valence-electron chi connectivity index (χ2n) is 12.8. The third-order valence-corrected chi connectivity index (χ3v) is 11.0. The molecule has 0 aliphatic carbocycles. The molecule has 13 heteroatoms. The highest BCUT2D eigenvalue weighted by atomic mass is 32.2. The van der Waals surface area contributed by atoms with Crippen LogP contribution in [0.2, 0.25) is 0 Å². The summed E-state index contributed by atoms with van der Waals surface area (Å²) in [6, 6.07) is 24.7. The molecule has 256 valence electrons. The van der Waals surface area contributed by atoms with Gasteiger partial charge in [0.25, 0.3) is 0 Å². The van der Waals surface area contributed by atoms with Gasteiger partial charge in [0, 0.05) is 44.2 Å². The Morgan fingerprint density at radius 3 is 2.61 bits per heavy atom. The zero-order valence-electron chi connectivity index (χ0n) is 27.2. The van der Waals surface area contributed by atoms with Gasteiger partial charge in [-0.25, -0.2) is 17.9 Å². The number of carboxylic acid groups (broad SMARTS) is 1. The van der Waals surface area contributed by atoms with E-state index in [4.69, 9.17) is 4.74 Å². The van der Waals surface area contributed by atoms with Crippen molar-refractivity contribution in [2.75, 3.05) is 39.4 Å². The summed E-state index contributed by atoms with van der Waals surface area (Å²) in [5.74, 6) is -0.249. The Bertz CT molecular complexity index is 2020. The number of rotatable bonds is 12. The zero-order chi connectivity index (χ0) is 33.8. The highest BCUT2D eigenvalue weighted by molar-refractivity contribution is 7.89. The smallest absolute Gasteiger partial charge is 0.352 e. The minimum Gasteiger partial charge on any atom is -0.477 e. The fraction of sp³-hybridized carbons (Fsp3) is 0.361. The number of carbonyl (C=O) groups is 1. The summed E-state index contributed by atoms with van der Waals surface area (Å²) < 4.78 is 38.1. The van der Waals surface area contributed by atoms with E-state index in [1.165, 1.54) is 5.56 Å². The van der Waals surface area contributed by atoms with Crippen LogP contribution >= 0.6 is 0 Å². The van der Waals surface area contributed by atoms with Gasteiger partial charge in [-0.3, -0.25) is 14.1 Å². The number of carboxylic acids is 1. The number of para-hydroxylation sites is 1. The number of nitrogens with zero attached hydrogens (tertiary/aromatic N) is 5. The quantitative estimate of drug-likeness (QED) is 0.177. The maximum Gasteiger partial charge on any atom is 0.352 e. The van der Waals surface area contributed by atoms with Gasteiger partial charge in [0.15, 0.2) is 5.82 Å². The average Bonchev–Trinajstić information content (AvgIpc) is 3.74. The second-order valence-corrected chi connectivity index (χ2v) is 14.6. The molecule has 5 aromatic rings. The number of aromatic carboxylic acids is 1. The molecule has 0 amide bonds. The van der Waals surface area contributed by atoms with Gasteiger partial charge in [-0.2, -0.15) is 0 Å². The van der Waals surface area contributed by atoms with E-state index < -0.39 is 16.0 Å². The molecular weight excluding hydrogens is 643 g/mol. The topological polar surface area (TPSA) is 144 Å². The number of piperidine rings is 1. The van der Waals surface area contributed by atoms with Crippen LogP contribution in [-0.2, 0) is 27.8 Å². The zero-order valence-corrected chi connectivity index (χ0v) is 28.1. The van der Waals surface area contributed by atoms with Crippen molar-refractivity contribution >= 4 is 26.9 Å². The summed E-state index contributed by atoms with van der Waals surface area (Å²) >= 11 is 0. The maximum atomic E-state index is 13.2. The molecule has 12 nitrogen and oxygen atoms in total. The van der Waals surface area contributed by atoms with Gasteiger partial charge in [0.05, 0.1) is 29.8 Å². The third-order valence-electron chi connectivity index (χ3n) is 9.51. The van der Waals surface area contributed by atoms with Crippen LogP contribution in [0.3, 0.4) is 0 Å². The molecule has 0 radical (unpaired) electrons. The minimum atomic E-state index is -3.67. The van der Waals surface area contributed by atoms with Crippen molar-refractivity contribution in [3.05, 3.63) is 96.3 Å². The molecule has 2 fully saturated rings. The molecule has 3 N–H and O–H groups in total. The molecule has 0 saturated carbocycles. The third kappa shape index (κ3) is 7.61. The highest BCUT2D eigenvalue weighted by Crippen LogP contribution is 2.27. The molecule has 3 aromatic carbocycles. The van der Waals surface area contributed by atoms with Crippen molar-refractivity contribution in [2.45, 2.75) is 43.3 Å². The first-order valence-corrected chi connectivity index (χ1v) is 18.3. The molecule has 2 aromatic heterocycles. The Kier molecular flexibility index (Phi) is 9.87. The summed E-state index contributed by atoms with van der Waals surface area (Å²) in [6.45, 7) is 5.91. The Balaban J connectivity index is 0.934. The van der Waals surface area contributed by atoms with Crippen molar-refractivity contribution < 1.29 is 23.1 Å². The number of hydrogen-bond acceptors (Lipinski definition) is 8. The molecule has 2 aliphatic heterocycles. The molecule has 0 spiro atoms. The summed E-state index contributed by atoms with van der Waals surface area (Å²) in [4.78, 5) is 14.6. The first-order chi connectivity index (χ1) is 23.8. The van der Waals surface area contributed by atoms with Crippen LogP contribution in [0.5, 0.6) is 0 Å². The monoisotopic (exact) mass is 683 g/mol. The number of benzene rings is 3. The lowest BCUT2D eigenvalue weighted by molar-refractivity contribution is 0.0342. The van der Waals surface area contributed by atoms with Crippen LogP contribution in [0.15, 0.2) is 90.0 Å². The van der Waals surface area contributed by atoms with Gasteiger partial charge in [0.1, 0.15) is 5.69 Å². The van der Waals surface area contributed by atoms with Crippen molar-refractivity contribution in [3.63, 3.8) is 0 Å². The van der Waals surface area contributed by atoms with Crippen LogP contribution in [0.1, 0.15) is 35.3 Å². The number of aromatic nitrogens is 4. The van der Waals surface area contributed by atoms with Crippen LogP contribution in [0.25, 0.3) is 27.8 Å². The summed E-state index contributed by atoms with van der Waals surface area (Å²) in [5.41, 5.74) is 4.20. The number of fused-ring (bicyclic) bond motifs is 1. The molecular formula is C36H41N7O5S. The van der Waals surface area contributed by atoms with E-state index in [9.17, 15) is 18.3 Å². The van der Waals surface area contributed by atoms with Gasteiger partial charge in [-0.1, -0.05) is 59.8 Å². The Labute approximate surface area is 285 Å². The first kappa shape index (κ1) is 33.1. The molecule has 0 bridgehead atoms. The predicted octanol–water partition coefficient (Wildman–Crippen LogP) is 4.16. The van der Waals surface area contributed by atoms with Crippen LogP contribution in [-0.4, -0.2) is 89.4 Å². The van der Waals surface area contributed by atoms with Crippen LogP contribution in [0, 0.1) is 5.92 Å². The number of morpholine rings is 1. The van der Waals surface area contributed by atoms with Crippen LogP contribution < -0.4 is 10.0 Å². The lowest BCUT2D eigenvalue weighted by Gasteiger charge is -2.30. The molecule has 2 aliphatic rings. The highest BCUT2D eigenvalue weighted by Gasteiger charge is 2.24. The number of hydrogen-bond donors (Lipinski definition) is 3. The summed E-state index contributed by atoms with van der Waals surface area (Å²) in [7, 11) is -3.67. The predicted molar refractivity (Wildman–Crippen MR) is 186 cm³/mol. The van der Waals surface area contributed by atoms with Crippen LogP contribution in [0.4, 0.5) is 0 Å². The van der Waals surface area contributed by atoms with Crippen molar-refractivity contribution in [1.29, 1.82) is 0 Å². The Morgan fingerprint density at radius 2 is 1.80 bits per heavy atom. The second kappa shape index (κ2) is 14.6. The molecule has 7 rings (SSSR count). The number of nitrogens with one attached hydrogen (secondary N) is 2. The van der Waals surface area contributed by atoms with E-state index >= 15 is 0 Å². The van der Waals surface area contributed by atoms with E-state index in [0.717, 1.165) is 74.3 Å². The van der Waals surface area contributed by atoms with E-state index in [-0.39, 0.29) is 16.6 Å². The molecule has 4 heterocycles. The van der Waals surface area contributed by atoms with Crippen molar-refractivity contribution in [2.24, 2.45) is 5.92 Å². The number of sulfonamides is 1. The van der Waals surface area contributed by atoms with Gasteiger partial charge < -0.3 is 15.2 Å². The van der Waals surface area contributed by atoms with E-state index in [2.05, 4.69) is 37.4 Å². The van der Waals surface area contributed by atoms with Gasteiger partial charge >= 0.3 is 5.97 Å². The van der Waals surface area contributed by atoms with Gasteiger partial charge in [-0.05, 0) is 72.7 Å². The maximum absolute atomic E-state index is 13.2. The molecule has 2 saturated heterocycles. The average molecular weight is 684 g/mol. The largest absolute Gasteiger partial charge is 0.477 e. The molecule has 49 heavy (non-hydrogen) atoms. The van der Waals surface area contributed by atoms with E-state index in [1.807, 2.05) is 48.5 Å². The first-order valence-electron chi connectivity index (χ1n) is 16.8. The van der Waals surface area contributed by atoms with Gasteiger partial charge in [-0.15, -0.1) is 5.10 Å². The summed E-state index contributed by atoms with van der Waals surface area (Å²) in [6.07, 6.45) is 4.26. The van der Waals surface area contributed by atoms with E-state index in [0.29, 0.717) is 31.2 Å².